The first-order chi connectivity index (χ1) is 16.9. The van der Waals surface area contributed by atoms with Gasteiger partial charge in [0.1, 0.15) is 17.4 Å². The highest BCUT2D eigenvalue weighted by Gasteiger charge is 2.36. The second kappa shape index (κ2) is 9.94. The summed E-state index contributed by atoms with van der Waals surface area (Å²) in [5, 5.41) is 9.98. The first kappa shape index (κ1) is 23.9. The van der Waals surface area contributed by atoms with Crippen molar-refractivity contribution >= 4 is 0 Å². The zero-order chi connectivity index (χ0) is 25.1. The summed E-state index contributed by atoms with van der Waals surface area (Å²) in [5.74, 6) is 2.94. The molecule has 2 N–H and O–H groups in total. The van der Waals surface area contributed by atoms with Crippen molar-refractivity contribution in [3.05, 3.63) is 82.1 Å². The molecule has 182 valence electrons. The number of ether oxygens (including phenoxy) is 5. The Morgan fingerprint density at radius 1 is 0.971 bits per heavy atom. The fourth-order valence-electron chi connectivity index (χ4n) is 4.61. The highest BCUT2D eigenvalue weighted by molar-refractivity contribution is 5.57. The lowest BCUT2D eigenvalue weighted by Crippen LogP contribution is -2.31. The van der Waals surface area contributed by atoms with Gasteiger partial charge in [-0.2, -0.15) is 5.26 Å². The molecule has 0 aromatic heterocycles. The number of nitrogens with two attached hydrogens (primary N) is 1. The van der Waals surface area contributed by atoms with Crippen molar-refractivity contribution in [2.75, 3.05) is 42.0 Å². The van der Waals surface area contributed by atoms with Gasteiger partial charge in [-0.15, -0.1) is 0 Å². The van der Waals surface area contributed by atoms with E-state index in [9.17, 15) is 5.26 Å². The van der Waals surface area contributed by atoms with Gasteiger partial charge in [-0.3, -0.25) is 0 Å². The van der Waals surface area contributed by atoms with Crippen LogP contribution in [-0.2, 0) is 11.2 Å². The van der Waals surface area contributed by atoms with Crippen LogP contribution in [0.4, 0.5) is 0 Å². The summed E-state index contributed by atoms with van der Waals surface area (Å²) in [6.45, 7) is 0.586. The third-order valence-electron chi connectivity index (χ3n) is 6.20. The second-order valence-corrected chi connectivity index (χ2v) is 8.33. The summed E-state index contributed by atoms with van der Waals surface area (Å²) in [6, 6.07) is 13.7. The van der Waals surface area contributed by atoms with E-state index in [1.807, 2.05) is 49.6 Å². The summed E-state index contributed by atoms with van der Waals surface area (Å²) in [5.41, 5.74) is 10.5. The molecule has 0 radical (unpaired) electrons. The standard InChI is InChI=1S/C27H29N3O5/c1-30-14-18(10-16-6-8-21(31-2)23(11-16)33-4)26-20(15-30)25(19(13-28)27(29)35-26)17-7-9-22(32-3)24(12-17)34-5/h6-9,11-12,14,25H,10,15,29H2,1-5H3. The quantitative estimate of drug-likeness (QED) is 0.645. The molecule has 8 nitrogen and oxygen atoms in total. The van der Waals surface area contributed by atoms with Crippen LogP contribution in [-0.4, -0.2) is 46.9 Å². The zero-order valence-corrected chi connectivity index (χ0v) is 20.5. The minimum Gasteiger partial charge on any atom is -0.493 e. The van der Waals surface area contributed by atoms with Crippen LogP contribution in [0.5, 0.6) is 23.0 Å². The van der Waals surface area contributed by atoms with Gasteiger partial charge in [0.25, 0.3) is 0 Å². The average Bonchev–Trinajstić information content (AvgIpc) is 2.87. The van der Waals surface area contributed by atoms with Crippen molar-refractivity contribution in [2.45, 2.75) is 12.3 Å². The number of benzene rings is 2. The topological polar surface area (TPSA) is 99.2 Å². The van der Waals surface area contributed by atoms with Gasteiger partial charge < -0.3 is 34.3 Å². The lowest BCUT2D eigenvalue weighted by Gasteiger charge is -2.36. The van der Waals surface area contributed by atoms with E-state index < -0.39 is 0 Å². The predicted octanol–water partition coefficient (Wildman–Crippen LogP) is 3.85. The first-order valence-electron chi connectivity index (χ1n) is 11.1. The van der Waals surface area contributed by atoms with Crippen molar-refractivity contribution in [3.8, 4) is 29.1 Å². The summed E-state index contributed by atoms with van der Waals surface area (Å²) < 4.78 is 27.8. The number of methoxy groups -OCH3 is 4. The van der Waals surface area contributed by atoms with Gasteiger partial charge in [-0.25, -0.2) is 0 Å². The molecule has 2 heterocycles. The lowest BCUT2D eigenvalue weighted by molar-refractivity contribution is 0.270. The first-order valence-corrected chi connectivity index (χ1v) is 11.1. The number of hydrogen-bond acceptors (Lipinski definition) is 8. The van der Waals surface area contributed by atoms with Crippen LogP contribution >= 0.6 is 0 Å². The van der Waals surface area contributed by atoms with Crippen molar-refractivity contribution in [2.24, 2.45) is 5.73 Å². The van der Waals surface area contributed by atoms with Crippen LogP contribution in [0.15, 0.2) is 71.0 Å². The molecule has 0 fully saturated rings. The van der Waals surface area contributed by atoms with E-state index in [0.29, 0.717) is 47.3 Å². The number of likely N-dealkylation sites (N-methyl/N-ethyl adjacent to an activating group) is 1. The largest absolute Gasteiger partial charge is 0.493 e. The van der Waals surface area contributed by atoms with Crippen molar-refractivity contribution in [3.63, 3.8) is 0 Å². The molecule has 0 aliphatic carbocycles. The van der Waals surface area contributed by atoms with Crippen LogP contribution < -0.4 is 24.7 Å². The van der Waals surface area contributed by atoms with E-state index in [-0.39, 0.29) is 11.8 Å². The Morgan fingerprint density at radius 2 is 1.60 bits per heavy atom. The lowest BCUT2D eigenvalue weighted by atomic mass is 9.80. The Kier molecular flexibility index (Phi) is 6.78. The summed E-state index contributed by atoms with van der Waals surface area (Å²) in [6.07, 6.45) is 2.63. The van der Waals surface area contributed by atoms with Gasteiger partial charge in [-0.1, -0.05) is 12.1 Å². The second-order valence-electron chi connectivity index (χ2n) is 8.33. The average molecular weight is 476 g/mol. The monoisotopic (exact) mass is 475 g/mol. The van der Waals surface area contributed by atoms with Gasteiger partial charge in [0.05, 0.1) is 34.4 Å². The van der Waals surface area contributed by atoms with Crippen molar-refractivity contribution in [1.82, 2.24) is 4.90 Å². The van der Waals surface area contributed by atoms with E-state index in [1.54, 1.807) is 28.4 Å². The predicted molar refractivity (Wildman–Crippen MR) is 131 cm³/mol. The van der Waals surface area contributed by atoms with Crippen LogP contribution in [0.3, 0.4) is 0 Å². The fourth-order valence-corrected chi connectivity index (χ4v) is 4.61. The molecule has 0 saturated carbocycles. The normalized spacial score (nSPS) is 17.2. The maximum absolute atomic E-state index is 9.98. The van der Waals surface area contributed by atoms with E-state index in [0.717, 1.165) is 22.3 Å². The Labute approximate surface area is 205 Å². The number of nitrogens with zero attached hydrogens (tertiary/aromatic N) is 2. The Bertz CT molecular complexity index is 1270. The molecule has 2 aliphatic heterocycles. The number of hydrogen-bond donors (Lipinski definition) is 1. The SMILES string of the molecule is COc1ccc(CC2=CN(C)CC3=C2OC(N)=C(C#N)C3c2ccc(OC)c(OC)c2)cc1OC. The van der Waals surface area contributed by atoms with Gasteiger partial charge >= 0.3 is 0 Å². The Morgan fingerprint density at radius 3 is 2.23 bits per heavy atom. The number of rotatable bonds is 7. The Hall–Kier alpha value is -4.25. The Balaban J connectivity index is 1.79. The van der Waals surface area contributed by atoms with E-state index >= 15 is 0 Å². The molecule has 2 aliphatic rings. The molecule has 0 spiro atoms. The van der Waals surface area contributed by atoms with Gasteiger partial charge in [0.15, 0.2) is 23.0 Å². The number of allylic oxidation sites excluding steroid dienone is 2. The highest BCUT2D eigenvalue weighted by Crippen LogP contribution is 2.45. The van der Waals surface area contributed by atoms with Crippen LogP contribution in [0.1, 0.15) is 17.0 Å². The van der Waals surface area contributed by atoms with Gasteiger partial charge in [0, 0.05) is 37.4 Å². The van der Waals surface area contributed by atoms with Crippen molar-refractivity contribution < 1.29 is 23.7 Å². The van der Waals surface area contributed by atoms with Crippen LogP contribution in [0.2, 0.25) is 0 Å². The van der Waals surface area contributed by atoms with E-state index in [1.165, 1.54) is 0 Å². The molecule has 1 unspecified atom stereocenters. The molecule has 2 aromatic rings. The smallest absolute Gasteiger partial charge is 0.205 e. The molecule has 1 atom stereocenters. The molecular formula is C27H29N3O5. The molecule has 4 rings (SSSR count). The molecule has 2 aromatic carbocycles. The van der Waals surface area contributed by atoms with E-state index in [2.05, 4.69) is 11.0 Å². The zero-order valence-electron chi connectivity index (χ0n) is 20.5. The minimum absolute atomic E-state index is 0.105. The van der Waals surface area contributed by atoms with Crippen molar-refractivity contribution in [1.29, 1.82) is 5.26 Å². The molecule has 35 heavy (non-hydrogen) atoms. The minimum atomic E-state index is -0.375. The summed E-state index contributed by atoms with van der Waals surface area (Å²) >= 11 is 0. The maximum Gasteiger partial charge on any atom is 0.205 e. The number of nitriles is 1. The van der Waals surface area contributed by atoms with Crippen LogP contribution in [0, 0.1) is 11.3 Å². The molecule has 0 bridgehead atoms. The third kappa shape index (κ3) is 4.45. The van der Waals surface area contributed by atoms with Gasteiger partial charge in [-0.05, 0) is 35.4 Å². The fraction of sp³-hybridized carbons (Fsp3) is 0.296. The molecule has 8 heteroatoms. The van der Waals surface area contributed by atoms with Crippen LogP contribution in [0.25, 0.3) is 0 Å². The highest BCUT2D eigenvalue weighted by atomic mass is 16.5. The molecular weight excluding hydrogens is 446 g/mol. The van der Waals surface area contributed by atoms with E-state index in [4.69, 9.17) is 29.4 Å². The maximum atomic E-state index is 9.98. The summed E-state index contributed by atoms with van der Waals surface area (Å²) in [4.78, 5) is 2.09. The molecule has 0 saturated heterocycles. The third-order valence-corrected chi connectivity index (χ3v) is 6.20. The molecule has 0 amide bonds. The van der Waals surface area contributed by atoms with Gasteiger partial charge in [0.2, 0.25) is 5.88 Å². The summed E-state index contributed by atoms with van der Waals surface area (Å²) in [7, 11) is 8.40.